The highest BCUT2D eigenvalue weighted by atomic mass is 19.1. The summed E-state index contributed by atoms with van der Waals surface area (Å²) < 4.78 is 31.8. The molecule has 20 heavy (non-hydrogen) atoms. The Kier molecular flexibility index (Phi) is 3.92. The van der Waals surface area contributed by atoms with Crippen molar-refractivity contribution in [1.82, 2.24) is 15.0 Å². The summed E-state index contributed by atoms with van der Waals surface area (Å²) in [4.78, 5) is 13.6. The van der Waals surface area contributed by atoms with Crippen LogP contribution in [0.4, 0.5) is 20.7 Å². The van der Waals surface area contributed by atoms with Crippen LogP contribution < -0.4 is 15.0 Å². The van der Waals surface area contributed by atoms with Crippen LogP contribution in [0.1, 0.15) is 0 Å². The molecule has 8 heteroatoms. The molecule has 2 aromatic rings. The maximum atomic E-state index is 13.5. The van der Waals surface area contributed by atoms with E-state index < -0.39 is 11.6 Å². The Morgan fingerprint density at radius 1 is 1.15 bits per heavy atom. The zero-order valence-corrected chi connectivity index (χ0v) is 11.2. The van der Waals surface area contributed by atoms with E-state index in [1.807, 2.05) is 0 Å². The Balaban J connectivity index is 2.37. The number of benzene rings is 1. The van der Waals surface area contributed by atoms with Crippen molar-refractivity contribution in [1.29, 1.82) is 0 Å². The highest BCUT2D eigenvalue weighted by Crippen LogP contribution is 2.24. The number of rotatable bonds is 4. The SMILES string of the molecule is CNc1nc(Oc2cc(F)ccc2F)nc(N(C)C)n1. The second-order valence-corrected chi connectivity index (χ2v) is 4.06. The van der Waals surface area contributed by atoms with Gasteiger partial charge in [-0.15, -0.1) is 0 Å². The molecule has 6 nitrogen and oxygen atoms in total. The number of anilines is 2. The number of halogens is 2. The van der Waals surface area contributed by atoms with Gasteiger partial charge < -0.3 is 15.0 Å². The maximum absolute atomic E-state index is 13.5. The number of ether oxygens (including phenoxy) is 1. The van der Waals surface area contributed by atoms with E-state index in [0.29, 0.717) is 5.95 Å². The molecule has 106 valence electrons. The number of nitrogens with zero attached hydrogens (tertiary/aromatic N) is 4. The summed E-state index contributed by atoms with van der Waals surface area (Å²) in [6.07, 6.45) is 0. The van der Waals surface area contributed by atoms with Gasteiger partial charge in [-0.2, -0.15) is 15.0 Å². The number of hydrogen-bond donors (Lipinski definition) is 1. The monoisotopic (exact) mass is 281 g/mol. The second kappa shape index (κ2) is 5.64. The Hall–Kier alpha value is -2.51. The lowest BCUT2D eigenvalue weighted by atomic mass is 10.3. The minimum atomic E-state index is -0.704. The lowest BCUT2D eigenvalue weighted by Crippen LogP contribution is -2.15. The van der Waals surface area contributed by atoms with Crippen LogP contribution in [-0.4, -0.2) is 36.1 Å². The van der Waals surface area contributed by atoms with E-state index in [1.165, 1.54) is 0 Å². The van der Waals surface area contributed by atoms with E-state index in [-0.39, 0.29) is 17.7 Å². The largest absolute Gasteiger partial charge is 0.421 e. The van der Waals surface area contributed by atoms with Crippen LogP contribution >= 0.6 is 0 Å². The maximum Gasteiger partial charge on any atom is 0.328 e. The molecule has 0 bridgehead atoms. The van der Waals surface area contributed by atoms with Crippen LogP contribution in [0.2, 0.25) is 0 Å². The quantitative estimate of drug-likeness (QED) is 0.925. The van der Waals surface area contributed by atoms with Crippen molar-refractivity contribution in [2.75, 3.05) is 31.4 Å². The van der Waals surface area contributed by atoms with Gasteiger partial charge in [-0.1, -0.05) is 0 Å². The van der Waals surface area contributed by atoms with Gasteiger partial charge in [0.05, 0.1) is 0 Å². The van der Waals surface area contributed by atoms with Gasteiger partial charge in [-0.05, 0) is 12.1 Å². The van der Waals surface area contributed by atoms with Crippen LogP contribution in [0.15, 0.2) is 18.2 Å². The van der Waals surface area contributed by atoms with Crippen LogP contribution in [0, 0.1) is 11.6 Å². The Morgan fingerprint density at radius 2 is 1.90 bits per heavy atom. The van der Waals surface area contributed by atoms with E-state index in [9.17, 15) is 8.78 Å². The Labute approximate surface area is 114 Å². The minimum Gasteiger partial charge on any atom is -0.421 e. The number of nitrogens with one attached hydrogen (secondary N) is 1. The summed E-state index contributed by atoms with van der Waals surface area (Å²) >= 11 is 0. The summed E-state index contributed by atoms with van der Waals surface area (Å²) in [7, 11) is 5.10. The predicted octanol–water partition coefficient (Wildman–Crippen LogP) is 2.05. The molecular weight excluding hydrogens is 268 g/mol. The molecule has 1 heterocycles. The molecule has 0 radical (unpaired) electrons. The molecule has 1 aromatic heterocycles. The molecular formula is C12H13F2N5O. The Morgan fingerprint density at radius 3 is 2.55 bits per heavy atom. The molecule has 0 fully saturated rings. The van der Waals surface area contributed by atoms with Gasteiger partial charge in [0.25, 0.3) is 0 Å². The predicted molar refractivity (Wildman–Crippen MR) is 70.1 cm³/mol. The first-order valence-corrected chi connectivity index (χ1v) is 5.73. The van der Waals surface area contributed by atoms with Crippen molar-refractivity contribution in [2.24, 2.45) is 0 Å². The highest BCUT2D eigenvalue weighted by Gasteiger charge is 2.12. The molecule has 0 saturated carbocycles. The van der Waals surface area contributed by atoms with Gasteiger partial charge >= 0.3 is 6.01 Å². The summed E-state index contributed by atoms with van der Waals surface area (Å²) in [5.74, 6) is -1.02. The molecule has 0 atom stereocenters. The van der Waals surface area contributed by atoms with Crippen LogP contribution in [0.3, 0.4) is 0 Å². The summed E-state index contributed by atoms with van der Waals surface area (Å²) in [6.45, 7) is 0. The summed E-state index contributed by atoms with van der Waals surface area (Å²) in [6, 6.07) is 2.77. The smallest absolute Gasteiger partial charge is 0.328 e. The van der Waals surface area contributed by atoms with Gasteiger partial charge in [-0.25, -0.2) is 8.78 Å². The van der Waals surface area contributed by atoms with E-state index >= 15 is 0 Å². The van der Waals surface area contributed by atoms with Gasteiger partial charge in [0, 0.05) is 27.2 Å². The third-order valence-electron chi connectivity index (χ3n) is 2.32. The first kappa shape index (κ1) is 13.9. The molecule has 0 aliphatic carbocycles. The normalized spacial score (nSPS) is 10.2. The third kappa shape index (κ3) is 3.08. The lowest BCUT2D eigenvalue weighted by Gasteiger charge is -2.12. The number of hydrogen-bond acceptors (Lipinski definition) is 6. The second-order valence-electron chi connectivity index (χ2n) is 4.06. The fraction of sp³-hybridized carbons (Fsp3) is 0.250. The standard InChI is InChI=1S/C12H13F2N5O/c1-15-10-16-11(19(2)3)18-12(17-10)20-9-6-7(13)4-5-8(9)14/h4-6H,1-3H3,(H,15,16,17,18). The van der Waals surface area contributed by atoms with Crippen molar-refractivity contribution >= 4 is 11.9 Å². The van der Waals surface area contributed by atoms with Gasteiger partial charge in [0.2, 0.25) is 11.9 Å². The van der Waals surface area contributed by atoms with E-state index in [0.717, 1.165) is 18.2 Å². The first-order valence-electron chi connectivity index (χ1n) is 5.73. The zero-order chi connectivity index (χ0) is 14.7. The molecule has 0 aliphatic heterocycles. The average Bonchev–Trinajstić information content (AvgIpc) is 2.42. The molecule has 0 unspecified atom stereocenters. The van der Waals surface area contributed by atoms with Crippen molar-refractivity contribution in [2.45, 2.75) is 0 Å². The molecule has 1 aromatic carbocycles. The van der Waals surface area contributed by atoms with E-state index in [1.54, 1.807) is 26.0 Å². The highest BCUT2D eigenvalue weighted by molar-refractivity contribution is 5.38. The third-order valence-corrected chi connectivity index (χ3v) is 2.32. The fourth-order valence-electron chi connectivity index (χ4n) is 1.36. The van der Waals surface area contributed by atoms with Gasteiger partial charge in [0.1, 0.15) is 5.82 Å². The van der Waals surface area contributed by atoms with Crippen LogP contribution in [0.25, 0.3) is 0 Å². The van der Waals surface area contributed by atoms with E-state index in [4.69, 9.17) is 4.74 Å². The molecule has 1 N–H and O–H groups in total. The van der Waals surface area contributed by atoms with Gasteiger partial charge in [0.15, 0.2) is 11.6 Å². The summed E-state index contributed by atoms with van der Waals surface area (Å²) in [5.41, 5.74) is 0. The first-order chi connectivity index (χ1) is 9.49. The summed E-state index contributed by atoms with van der Waals surface area (Å²) in [5, 5.41) is 2.74. The minimum absolute atomic E-state index is 0.127. The van der Waals surface area contributed by atoms with Crippen molar-refractivity contribution < 1.29 is 13.5 Å². The molecule has 2 rings (SSSR count). The van der Waals surface area contributed by atoms with Gasteiger partial charge in [-0.3, -0.25) is 0 Å². The molecule has 0 saturated heterocycles. The molecule has 0 spiro atoms. The zero-order valence-electron chi connectivity index (χ0n) is 11.2. The molecule has 0 aliphatic rings. The molecule has 0 amide bonds. The number of aromatic nitrogens is 3. The Bertz CT molecular complexity index is 621. The van der Waals surface area contributed by atoms with Crippen molar-refractivity contribution in [3.63, 3.8) is 0 Å². The van der Waals surface area contributed by atoms with Crippen molar-refractivity contribution in [3.05, 3.63) is 29.8 Å². The van der Waals surface area contributed by atoms with E-state index in [2.05, 4.69) is 20.3 Å². The van der Waals surface area contributed by atoms with Crippen LogP contribution in [-0.2, 0) is 0 Å². The fourth-order valence-corrected chi connectivity index (χ4v) is 1.36. The van der Waals surface area contributed by atoms with Crippen LogP contribution in [0.5, 0.6) is 11.8 Å². The van der Waals surface area contributed by atoms with Crippen molar-refractivity contribution in [3.8, 4) is 11.8 Å². The average molecular weight is 281 g/mol. The lowest BCUT2D eigenvalue weighted by molar-refractivity contribution is 0.406. The topological polar surface area (TPSA) is 63.2 Å².